The van der Waals surface area contributed by atoms with Crippen molar-refractivity contribution < 1.29 is 19.1 Å². The van der Waals surface area contributed by atoms with Crippen LogP contribution in [0.2, 0.25) is 0 Å². The van der Waals surface area contributed by atoms with Crippen LogP contribution in [0.4, 0.5) is 0 Å². The van der Waals surface area contributed by atoms with E-state index < -0.39 is 5.79 Å². The number of benzene rings is 1. The minimum atomic E-state index is -0.917. The number of carbonyl (C=O) groups excluding carboxylic acids is 2. The van der Waals surface area contributed by atoms with Crippen molar-refractivity contribution in [2.75, 3.05) is 0 Å². The quantitative estimate of drug-likeness (QED) is 0.799. The summed E-state index contributed by atoms with van der Waals surface area (Å²) in [5.74, 6) is 0.304. The average molecular weight is 288 g/mol. The van der Waals surface area contributed by atoms with Crippen LogP contribution in [-0.4, -0.2) is 17.5 Å². The minimum absolute atomic E-state index is 0.229. The molecule has 1 saturated carbocycles. The fourth-order valence-electron chi connectivity index (χ4n) is 3.21. The molecule has 0 aromatic heterocycles. The Morgan fingerprint density at radius 2 is 2.05 bits per heavy atom. The van der Waals surface area contributed by atoms with Gasteiger partial charge in [-0.05, 0) is 49.3 Å². The summed E-state index contributed by atoms with van der Waals surface area (Å²) < 4.78 is 10.9. The molecule has 4 heteroatoms. The third-order valence-electron chi connectivity index (χ3n) is 4.31. The maximum absolute atomic E-state index is 12.1. The molecule has 0 amide bonds. The summed E-state index contributed by atoms with van der Waals surface area (Å²) in [6.45, 7) is 5.07. The molecular weight excluding hydrogens is 268 g/mol. The molecule has 112 valence electrons. The number of ketones is 1. The molecule has 0 saturated heterocycles. The van der Waals surface area contributed by atoms with Crippen molar-refractivity contribution in [1.82, 2.24) is 0 Å². The van der Waals surface area contributed by atoms with Gasteiger partial charge in [-0.3, -0.25) is 0 Å². The Kier molecular flexibility index (Phi) is 3.27. The standard InChI is InChI=1S/C17H20O4/c1-10(18)8-11-4-6-13(11)12-5-7-15-14(9-12)16(19)21-17(2,3)20-15/h5,7,9,11,13H,4,6,8H2,1-3H3. The summed E-state index contributed by atoms with van der Waals surface area (Å²) in [5, 5.41) is 0. The van der Waals surface area contributed by atoms with Crippen LogP contribution in [0.25, 0.3) is 0 Å². The number of fused-ring (bicyclic) bond motifs is 1. The second kappa shape index (κ2) is 4.86. The molecule has 1 aliphatic heterocycles. The summed E-state index contributed by atoms with van der Waals surface area (Å²) in [5.41, 5.74) is 1.59. The SMILES string of the molecule is CC(=O)CC1CCC1c1ccc2c(c1)C(=O)OC(C)(C)O2. The summed E-state index contributed by atoms with van der Waals surface area (Å²) in [4.78, 5) is 23.4. The van der Waals surface area contributed by atoms with Crippen LogP contribution in [0.15, 0.2) is 18.2 Å². The van der Waals surface area contributed by atoms with Crippen molar-refractivity contribution in [2.24, 2.45) is 5.92 Å². The van der Waals surface area contributed by atoms with Crippen LogP contribution >= 0.6 is 0 Å². The highest BCUT2D eigenvalue weighted by Gasteiger charge is 2.37. The summed E-state index contributed by atoms with van der Waals surface area (Å²) in [7, 11) is 0. The molecule has 4 nitrogen and oxygen atoms in total. The largest absolute Gasteiger partial charge is 0.452 e. The van der Waals surface area contributed by atoms with Gasteiger partial charge in [0.1, 0.15) is 17.1 Å². The van der Waals surface area contributed by atoms with Gasteiger partial charge in [-0.15, -0.1) is 0 Å². The number of cyclic esters (lactones) is 1. The topological polar surface area (TPSA) is 52.6 Å². The van der Waals surface area contributed by atoms with E-state index in [9.17, 15) is 9.59 Å². The van der Waals surface area contributed by atoms with Crippen LogP contribution < -0.4 is 4.74 Å². The molecule has 0 radical (unpaired) electrons. The maximum Gasteiger partial charge on any atom is 0.345 e. The number of hydrogen-bond acceptors (Lipinski definition) is 4. The molecule has 1 aliphatic carbocycles. The summed E-state index contributed by atoms with van der Waals surface area (Å²) in [6, 6.07) is 5.71. The van der Waals surface area contributed by atoms with Crippen LogP contribution in [0.5, 0.6) is 5.75 Å². The number of ether oxygens (including phenoxy) is 2. The maximum atomic E-state index is 12.1. The minimum Gasteiger partial charge on any atom is -0.452 e. The molecule has 1 aromatic rings. The van der Waals surface area contributed by atoms with E-state index in [4.69, 9.17) is 9.47 Å². The molecule has 21 heavy (non-hydrogen) atoms. The van der Waals surface area contributed by atoms with Gasteiger partial charge in [0.05, 0.1) is 0 Å². The van der Waals surface area contributed by atoms with E-state index in [0.717, 1.165) is 18.4 Å². The Balaban J connectivity index is 1.85. The molecule has 1 fully saturated rings. The second-order valence-electron chi connectivity index (χ2n) is 6.50. The van der Waals surface area contributed by atoms with Crippen molar-refractivity contribution in [2.45, 2.75) is 51.7 Å². The highest BCUT2D eigenvalue weighted by Crippen LogP contribution is 2.46. The first-order chi connectivity index (χ1) is 9.85. The Morgan fingerprint density at radius 3 is 2.67 bits per heavy atom. The van der Waals surface area contributed by atoms with Crippen LogP contribution in [0, 0.1) is 5.92 Å². The van der Waals surface area contributed by atoms with Gasteiger partial charge in [-0.25, -0.2) is 4.79 Å². The van der Waals surface area contributed by atoms with E-state index in [2.05, 4.69) is 0 Å². The van der Waals surface area contributed by atoms with Gasteiger partial charge in [0.25, 0.3) is 0 Å². The molecule has 1 aromatic carbocycles. The van der Waals surface area contributed by atoms with E-state index in [1.54, 1.807) is 20.8 Å². The predicted molar refractivity (Wildman–Crippen MR) is 77.3 cm³/mol. The fraction of sp³-hybridized carbons (Fsp3) is 0.529. The van der Waals surface area contributed by atoms with Gasteiger partial charge in [0.2, 0.25) is 5.79 Å². The first kappa shape index (κ1) is 14.1. The van der Waals surface area contributed by atoms with Crippen LogP contribution in [0.3, 0.4) is 0 Å². The zero-order valence-electron chi connectivity index (χ0n) is 12.6. The molecule has 0 spiro atoms. The van der Waals surface area contributed by atoms with Gasteiger partial charge in [-0.2, -0.15) is 0 Å². The van der Waals surface area contributed by atoms with Crippen molar-refractivity contribution in [3.8, 4) is 5.75 Å². The predicted octanol–water partition coefficient (Wildman–Crippen LogP) is 3.44. The van der Waals surface area contributed by atoms with Crippen molar-refractivity contribution in [3.05, 3.63) is 29.3 Å². The fourth-order valence-corrected chi connectivity index (χ4v) is 3.21. The number of hydrogen-bond donors (Lipinski definition) is 0. The van der Waals surface area contributed by atoms with E-state index in [-0.39, 0.29) is 11.8 Å². The molecule has 0 N–H and O–H groups in total. The molecule has 0 bridgehead atoms. The Morgan fingerprint density at radius 1 is 1.29 bits per heavy atom. The first-order valence-corrected chi connectivity index (χ1v) is 7.41. The zero-order chi connectivity index (χ0) is 15.2. The highest BCUT2D eigenvalue weighted by molar-refractivity contribution is 5.93. The molecule has 2 aliphatic rings. The van der Waals surface area contributed by atoms with E-state index in [1.165, 1.54) is 0 Å². The molecule has 2 unspecified atom stereocenters. The third kappa shape index (κ3) is 2.67. The van der Waals surface area contributed by atoms with Gasteiger partial charge in [0, 0.05) is 20.3 Å². The molecule has 2 atom stereocenters. The smallest absolute Gasteiger partial charge is 0.345 e. The Bertz CT molecular complexity index is 603. The number of Topliss-reactive ketones (excluding diaryl/α,β-unsaturated/α-hetero) is 1. The number of esters is 1. The molecule has 1 heterocycles. The van der Waals surface area contributed by atoms with Crippen LogP contribution in [0.1, 0.15) is 61.9 Å². The first-order valence-electron chi connectivity index (χ1n) is 7.41. The normalized spacial score (nSPS) is 26.1. The Labute approximate surface area is 124 Å². The Hall–Kier alpha value is -1.84. The van der Waals surface area contributed by atoms with Gasteiger partial charge < -0.3 is 14.3 Å². The van der Waals surface area contributed by atoms with Crippen molar-refractivity contribution in [1.29, 1.82) is 0 Å². The summed E-state index contributed by atoms with van der Waals surface area (Å²) in [6.07, 6.45) is 2.77. The lowest BCUT2D eigenvalue weighted by atomic mass is 9.68. The lowest BCUT2D eigenvalue weighted by Crippen LogP contribution is -2.39. The highest BCUT2D eigenvalue weighted by atomic mass is 16.7. The lowest BCUT2D eigenvalue weighted by Gasteiger charge is -2.37. The van der Waals surface area contributed by atoms with Crippen molar-refractivity contribution >= 4 is 11.8 Å². The number of rotatable bonds is 3. The van der Waals surface area contributed by atoms with Crippen LogP contribution in [-0.2, 0) is 9.53 Å². The third-order valence-corrected chi connectivity index (χ3v) is 4.31. The lowest BCUT2D eigenvalue weighted by molar-refractivity contribution is -0.127. The zero-order valence-corrected chi connectivity index (χ0v) is 12.6. The average Bonchev–Trinajstić information content (AvgIpc) is 2.34. The van der Waals surface area contributed by atoms with Gasteiger partial charge in [-0.1, -0.05) is 6.07 Å². The number of carbonyl (C=O) groups is 2. The van der Waals surface area contributed by atoms with E-state index >= 15 is 0 Å². The van der Waals surface area contributed by atoms with Gasteiger partial charge >= 0.3 is 5.97 Å². The molecular formula is C17H20O4. The van der Waals surface area contributed by atoms with Crippen molar-refractivity contribution in [3.63, 3.8) is 0 Å². The second-order valence-corrected chi connectivity index (χ2v) is 6.50. The molecule has 3 rings (SSSR count). The monoisotopic (exact) mass is 288 g/mol. The van der Waals surface area contributed by atoms with E-state index in [0.29, 0.717) is 29.6 Å². The van der Waals surface area contributed by atoms with Gasteiger partial charge in [0.15, 0.2) is 0 Å². The summed E-state index contributed by atoms with van der Waals surface area (Å²) >= 11 is 0. The van der Waals surface area contributed by atoms with E-state index in [1.807, 2.05) is 18.2 Å².